The number of rotatable bonds is 7. The number of aromatic nitrogens is 2. The van der Waals surface area contributed by atoms with Gasteiger partial charge in [-0.05, 0) is 24.3 Å². The largest absolute Gasteiger partial charge is 0.483 e. The van der Waals surface area contributed by atoms with Gasteiger partial charge in [0, 0.05) is 41.2 Å². The molecular weight excluding hydrogens is 534 g/mol. The van der Waals surface area contributed by atoms with Crippen LogP contribution in [0.5, 0.6) is 5.75 Å². The van der Waals surface area contributed by atoms with Gasteiger partial charge in [0.15, 0.2) is 6.61 Å². The van der Waals surface area contributed by atoms with E-state index in [1.165, 1.54) is 29.1 Å². The standard InChI is InChI=1S/C24H24BrN5O6/c1-15(2)23-27-20-5-3-17(25)12-19(20)24(32)29(23)26-13-16-11-18(30(33)34)4-6-21(16)36-14-22(31)28-7-9-35-10-8-28/h3-6,11-13,15H,7-10,14H2,1-2H3. The fourth-order valence-corrected chi connectivity index (χ4v) is 4.06. The predicted octanol–water partition coefficient (Wildman–Crippen LogP) is 3.31. The first-order valence-corrected chi connectivity index (χ1v) is 12.1. The number of hydrogen-bond acceptors (Lipinski definition) is 8. The van der Waals surface area contributed by atoms with Gasteiger partial charge in [-0.25, -0.2) is 4.98 Å². The van der Waals surface area contributed by atoms with Crippen LogP contribution in [-0.4, -0.2) is 64.5 Å². The van der Waals surface area contributed by atoms with Crippen molar-refractivity contribution in [2.75, 3.05) is 32.9 Å². The predicted molar refractivity (Wildman–Crippen MR) is 137 cm³/mol. The normalized spacial score (nSPS) is 14.1. The third-order valence-electron chi connectivity index (χ3n) is 5.58. The summed E-state index contributed by atoms with van der Waals surface area (Å²) in [5.74, 6) is 0.306. The summed E-state index contributed by atoms with van der Waals surface area (Å²) in [7, 11) is 0. The molecule has 11 nitrogen and oxygen atoms in total. The van der Waals surface area contributed by atoms with E-state index in [1.807, 2.05) is 13.8 Å². The highest BCUT2D eigenvalue weighted by Crippen LogP contribution is 2.24. The van der Waals surface area contributed by atoms with Gasteiger partial charge in [0.05, 0.1) is 35.3 Å². The first kappa shape index (κ1) is 25.5. The molecule has 1 amide bonds. The summed E-state index contributed by atoms with van der Waals surface area (Å²) in [6.07, 6.45) is 1.31. The molecule has 0 bridgehead atoms. The molecule has 1 fully saturated rings. The number of nitrogens with zero attached hydrogens (tertiary/aromatic N) is 5. The molecule has 0 aliphatic carbocycles. The number of nitro groups is 1. The number of benzene rings is 2. The first-order chi connectivity index (χ1) is 17.2. The molecule has 1 aromatic heterocycles. The smallest absolute Gasteiger partial charge is 0.282 e. The van der Waals surface area contributed by atoms with E-state index in [-0.39, 0.29) is 41.0 Å². The van der Waals surface area contributed by atoms with Gasteiger partial charge in [0.2, 0.25) is 0 Å². The van der Waals surface area contributed by atoms with Crippen molar-refractivity contribution in [2.45, 2.75) is 19.8 Å². The van der Waals surface area contributed by atoms with Gasteiger partial charge in [0.1, 0.15) is 11.6 Å². The van der Waals surface area contributed by atoms with E-state index in [2.05, 4.69) is 26.0 Å². The van der Waals surface area contributed by atoms with Crippen molar-refractivity contribution in [1.29, 1.82) is 0 Å². The highest BCUT2D eigenvalue weighted by atomic mass is 79.9. The molecule has 2 aromatic carbocycles. The Morgan fingerprint density at radius 1 is 1.28 bits per heavy atom. The molecule has 1 saturated heterocycles. The van der Waals surface area contributed by atoms with Gasteiger partial charge < -0.3 is 14.4 Å². The number of amides is 1. The van der Waals surface area contributed by atoms with Crippen molar-refractivity contribution >= 4 is 44.6 Å². The van der Waals surface area contributed by atoms with Gasteiger partial charge in [-0.3, -0.25) is 19.7 Å². The molecule has 0 radical (unpaired) electrons. The second-order valence-electron chi connectivity index (χ2n) is 8.41. The van der Waals surface area contributed by atoms with Crippen molar-refractivity contribution in [3.8, 4) is 5.75 Å². The topological polar surface area (TPSA) is 129 Å². The van der Waals surface area contributed by atoms with Crippen molar-refractivity contribution in [3.05, 3.63) is 72.7 Å². The number of carbonyl (C=O) groups excluding carboxylic acids is 1. The second-order valence-corrected chi connectivity index (χ2v) is 9.32. The third kappa shape index (κ3) is 5.60. The molecule has 3 aromatic rings. The van der Waals surface area contributed by atoms with E-state index in [0.717, 1.165) is 4.47 Å². The highest BCUT2D eigenvalue weighted by molar-refractivity contribution is 9.10. The number of nitro benzene ring substituents is 1. The van der Waals surface area contributed by atoms with Crippen LogP contribution in [0.15, 0.2) is 50.8 Å². The second kappa shape index (κ2) is 11.0. The Morgan fingerprint density at radius 3 is 2.72 bits per heavy atom. The summed E-state index contributed by atoms with van der Waals surface area (Å²) in [5, 5.41) is 16.1. The van der Waals surface area contributed by atoms with Gasteiger partial charge in [0.25, 0.3) is 17.2 Å². The van der Waals surface area contributed by atoms with Crippen molar-refractivity contribution in [1.82, 2.24) is 14.6 Å². The molecule has 188 valence electrons. The van der Waals surface area contributed by atoms with Crippen molar-refractivity contribution in [3.63, 3.8) is 0 Å². The Kier molecular flexibility index (Phi) is 7.75. The minimum absolute atomic E-state index is 0.130. The minimum Gasteiger partial charge on any atom is -0.483 e. The molecule has 1 aliphatic heterocycles. The monoisotopic (exact) mass is 557 g/mol. The summed E-state index contributed by atoms with van der Waals surface area (Å²) in [6.45, 7) is 5.40. The van der Waals surface area contributed by atoms with E-state index >= 15 is 0 Å². The zero-order chi connectivity index (χ0) is 25.8. The lowest BCUT2D eigenvalue weighted by Crippen LogP contribution is -2.43. The number of non-ortho nitro benzene ring substituents is 1. The quantitative estimate of drug-likeness (QED) is 0.247. The molecule has 0 spiro atoms. The summed E-state index contributed by atoms with van der Waals surface area (Å²) < 4.78 is 12.9. The molecule has 4 rings (SSSR count). The molecule has 0 atom stereocenters. The molecule has 12 heteroatoms. The van der Waals surface area contributed by atoms with Crippen LogP contribution in [0.25, 0.3) is 10.9 Å². The van der Waals surface area contributed by atoms with Crippen molar-refractivity contribution < 1.29 is 19.2 Å². The molecule has 0 saturated carbocycles. The number of fused-ring (bicyclic) bond motifs is 1. The van der Waals surface area contributed by atoms with Crippen LogP contribution in [0, 0.1) is 10.1 Å². The summed E-state index contributed by atoms with van der Waals surface area (Å²) in [5.41, 5.74) is 0.228. The maximum atomic E-state index is 13.3. The van der Waals surface area contributed by atoms with Crippen LogP contribution in [-0.2, 0) is 9.53 Å². The molecular formula is C24H24BrN5O6. The molecule has 36 heavy (non-hydrogen) atoms. The Bertz CT molecular complexity index is 1400. The molecule has 1 aliphatic rings. The van der Waals surface area contributed by atoms with Crippen LogP contribution < -0.4 is 10.3 Å². The number of carbonyl (C=O) groups is 1. The van der Waals surface area contributed by atoms with Crippen LogP contribution >= 0.6 is 15.9 Å². The van der Waals surface area contributed by atoms with E-state index in [4.69, 9.17) is 9.47 Å². The van der Waals surface area contributed by atoms with E-state index in [9.17, 15) is 19.7 Å². The van der Waals surface area contributed by atoms with Crippen LogP contribution in [0.4, 0.5) is 5.69 Å². The average molecular weight is 558 g/mol. The van der Waals surface area contributed by atoms with E-state index in [0.29, 0.717) is 43.0 Å². The lowest BCUT2D eigenvalue weighted by molar-refractivity contribution is -0.384. The lowest BCUT2D eigenvalue weighted by Gasteiger charge is -2.26. The Morgan fingerprint density at radius 2 is 2.03 bits per heavy atom. The van der Waals surface area contributed by atoms with Gasteiger partial charge >= 0.3 is 0 Å². The van der Waals surface area contributed by atoms with Gasteiger partial charge in [-0.1, -0.05) is 29.8 Å². The zero-order valence-corrected chi connectivity index (χ0v) is 21.3. The van der Waals surface area contributed by atoms with E-state index < -0.39 is 4.92 Å². The van der Waals surface area contributed by atoms with Crippen molar-refractivity contribution in [2.24, 2.45) is 5.10 Å². The zero-order valence-electron chi connectivity index (χ0n) is 19.7. The number of ether oxygens (including phenoxy) is 2. The number of halogens is 1. The summed E-state index contributed by atoms with van der Waals surface area (Å²) in [6, 6.07) is 9.19. The number of morpholine rings is 1. The lowest BCUT2D eigenvalue weighted by atomic mass is 10.2. The van der Waals surface area contributed by atoms with Crippen LogP contribution in [0.3, 0.4) is 0 Å². The molecule has 0 unspecified atom stereocenters. The minimum atomic E-state index is -0.541. The summed E-state index contributed by atoms with van der Waals surface area (Å²) in [4.78, 5) is 42.8. The van der Waals surface area contributed by atoms with Gasteiger partial charge in [-0.15, -0.1) is 0 Å². The maximum absolute atomic E-state index is 13.3. The maximum Gasteiger partial charge on any atom is 0.282 e. The number of hydrogen-bond donors (Lipinski definition) is 0. The fraction of sp³-hybridized carbons (Fsp3) is 0.333. The highest BCUT2D eigenvalue weighted by Gasteiger charge is 2.19. The van der Waals surface area contributed by atoms with E-state index in [1.54, 1.807) is 23.1 Å². The average Bonchev–Trinajstić information content (AvgIpc) is 2.87. The SMILES string of the molecule is CC(C)c1nc2ccc(Br)cc2c(=O)n1N=Cc1cc([N+](=O)[O-])ccc1OCC(=O)N1CCOCC1. The third-order valence-corrected chi connectivity index (χ3v) is 6.07. The van der Waals surface area contributed by atoms with Gasteiger partial charge in [-0.2, -0.15) is 9.78 Å². The molecule has 0 N–H and O–H groups in total. The first-order valence-electron chi connectivity index (χ1n) is 11.3. The Hall–Kier alpha value is -3.64. The summed E-state index contributed by atoms with van der Waals surface area (Å²) >= 11 is 3.37. The van der Waals surface area contributed by atoms with Crippen LogP contribution in [0.1, 0.15) is 31.2 Å². The molecule has 2 heterocycles. The fourth-order valence-electron chi connectivity index (χ4n) is 3.70. The Balaban J connectivity index is 1.70. The Labute approximate surface area is 214 Å². The van der Waals surface area contributed by atoms with Crippen LogP contribution in [0.2, 0.25) is 0 Å².